The third-order valence-electron chi connectivity index (χ3n) is 2.32. The van der Waals surface area contributed by atoms with Gasteiger partial charge >= 0.3 is 0 Å². The molecule has 5 heteroatoms. The van der Waals surface area contributed by atoms with Gasteiger partial charge in [0.05, 0.1) is 18.2 Å². The van der Waals surface area contributed by atoms with Crippen LogP contribution in [-0.2, 0) is 0 Å². The fraction of sp³-hybridized carbons (Fsp3) is 0.455. The molecule has 1 aromatic heterocycles. The largest absolute Gasteiger partial charge is 0.394 e. The maximum atomic E-state index is 13.2. The van der Waals surface area contributed by atoms with Gasteiger partial charge in [0.25, 0.3) is 5.91 Å². The molecule has 1 aromatic rings. The van der Waals surface area contributed by atoms with Gasteiger partial charge in [0.15, 0.2) is 0 Å². The molecule has 0 bridgehead atoms. The molecule has 1 atom stereocenters. The van der Waals surface area contributed by atoms with Crippen LogP contribution in [0.3, 0.4) is 0 Å². The summed E-state index contributed by atoms with van der Waals surface area (Å²) in [6, 6.07) is 2.46. The van der Waals surface area contributed by atoms with Crippen molar-refractivity contribution >= 4 is 5.91 Å². The second-order valence-corrected chi connectivity index (χ2v) is 3.85. The van der Waals surface area contributed by atoms with Crippen LogP contribution in [0.1, 0.15) is 24.2 Å². The molecular weight excluding hydrogens is 211 g/mol. The summed E-state index contributed by atoms with van der Waals surface area (Å²) in [5.41, 5.74) is -0.110. The Labute approximate surface area is 93.5 Å². The number of amides is 1. The summed E-state index contributed by atoms with van der Waals surface area (Å²) >= 11 is 0. The standard InChI is InChI=1S/C11H15FN2O2/c1-7(2)9(6-15)14-11(16)8-4-3-5-13-10(8)12/h3-5,7,9,15H,6H2,1-2H3,(H,14,16). The van der Waals surface area contributed by atoms with Gasteiger partial charge in [-0.05, 0) is 18.1 Å². The monoisotopic (exact) mass is 226 g/mol. The molecule has 4 nitrogen and oxygen atoms in total. The van der Waals surface area contributed by atoms with E-state index in [0.717, 1.165) is 0 Å². The average Bonchev–Trinajstić information content (AvgIpc) is 2.25. The molecule has 0 spiro atoms. The van der Waals surface area contributed by atoms with Crippen molar-refractivity contribution in [1.82, 2.24) is 10.3 Å². The van der Waals surface area contributed by atoms with E-state index in [9.17, 15) is 9.18 Å². The van der Waals surface area contributed by atoms with E-state index in [4.69, 9.17) is 5.11 Å². The smallest absolute Gasteiger partial charge is 0.256 e. The van der Waals surface area contributed by atoms with E-state index in [1.807, 2.05) is 13.8 Å². The molecule has 0 aliphatic carbocycles. The molecule has 0 aliphatic heterocycles. The van der Waals surface area contributed by atoms with E-state index in [0.29, 0.717) is 0 Å². The van der Waals surface area contributed by atoms with Gasteiger partial charge in [-0.1, -0.05) is 13.8 Å². The summed E-state index contributed by atoms with van der Waals surface area (Å²) in [5, 5.41) is 11.6. The van der Waals surface area contributed by atoms with E-state index in [2.05, 4.69) is 10.3 Å². The molecule has 0 saturated heterocycles. The highest BCUT2D eigenvalue weighted by Crippen LogP contribution is 2.06. The van der Waals surface area contributed by atoms with Crippen molar-refractivity contribution < 1.29 is 14.3 Å². The van der Waals surface area contributed by atoms with Crippen LogP contribution in [0.15, 0.2) is 18.3 Å². The third kappa shape index (κ3) is 3.00. The van der Waals surface area contributed by atoms with Crippen molar-refractivity contribution in [3.63, 3.8) is 0 Å². The normalized spacial score (nSPS) is 12.6. The van der Waals surface area contributed by atoms with Gasteiger partial charge in [0.1, 0.15) is 0 Å². The van der Waals surface area contributed by atoms with E-state index in [1.165, 1.54) is 18.3 Å². The predicted molar refractivity (Wildman–Crippen MR) is 57.4 cm³/mol. The highest BCUT2D eigenvalue weighted by Gasteiger charge is 2.18. The molecular formula is C11H15FN2O2. The lowest BCUT2D eigenvalue weighted by molar-refractivity contribution is 0.0892. The minimum absolute atomic E-state index is 0.0775. The molecule has 1 rings (SSSR count). The summed E-state index contributed by atoms with van der Waals surface area (Å²) in [7, 11) is 0. The molecule has 1 unspecified atom stereocenters. The fourth-order valence-electron chi connectivity index (χ4n) is 1.22. The van der Waals surface area contributed by atoms with E-state index in [1.54, 1.807) is 0 Å². The summed E-state index contributed by atoms with van der Waals surface area (Å²) in [6.07, 6.45) is 1.28. The number of carbonyl (C=O) groups is 1. The Kier molecular flexibility index (Phi) is 4.37. The van der Waals surface area contributed by atoms with E-state index < -0.39 is 11.9 Å². The number of nitrogens with zero attached hydrogens (tertiary/aromatic N) is 1. The summed E-state index contributed by atoms with van der Waals surface area (Å²) in [5.74, 6) is -1.28. The molecule has 0 fully saturated rings. The molecule has 1 heterocycles. The van der Waals surface area contributed by atoms with Crippen LogP contribution in [0, 0.1) is 11.9 Å². The molecule has 0 aliphatic rings. The van der Waals surface area contributed by atoms with Crippen molar-refractivity contribution in [1.29, 1.82) is 0 Å². The molecule has 0 aromatic carbocycles. The van der Waals surface area contributed by atoms with Crippen molar-refractivity contribution in [2.45, 2.75) is 19.9 Å². The zero-order chi connectivity index (χ0) is 12.1. The van der Waals surface area contributed by atoms with E-state index in [-0.39, 0.29) is 24.1 Å². The predicted octanol–water partition coefficient (Wildman–Crippen LogP) is 0.967. The second-order valence-electron chi connectivity index (χ2n) is 3.85. The lowest BCUT2D eigenvalue weighted by atomic mass is 10.1. The van der Waals surface area contributed by atoms with Crippen LogP contribution in [0.2, 0.25) is 0 Å². The quantitative estimate of drug-likeness (QED) is 0.752. The van der Waals surface area contributed by atoms with Gasteiger partial charge in [-0.15, -0.1) is 0 Å². The number of nitrogens with one attached hydrogen (secondary N) is 1. The summed E-state index contributed by atoms with van der Waals surface area (Å²) < 4.78 is 13.2. The SMILES string of the molecule is CC(C)C(CO)NC(=O)c1cccnc1F. The Morgan fingerprint density at radius 1 is 1.62 bits per heavy atom. The highest BCUT2D eigenvalue weighted by atomic mass is 19.1. The van der Waals surface area contributed by atoms with Gasteiger partial charge in [0, 0.05) is 6.20 Å². The number of carbonyl (C=O) groups excluding carboxylic acids is 1. The number of aliphatic hydroxyl groups excluding tert-OH is 1. The summed E-state index contributed by atoms with van der Waals surface area (Å²) in [4.78, 5) is 15.0. The van der Waals surface area contributed by atoms with Gasteiger partial charge in [-0.25, -0.2) is 4.98 Å². The molecule has 0 radical (unpaired) electrons. The number of hydrogen-bond acceptors (Lipinski definition) is 3. The van der Waals surface area contributed by atoms with Crippen LogP contribution in [-0.4, -0.2) is 28.6 Å². The third-order valence-corrected chi connectivity index (χ3v) is 2.32. The Balaban J connectivity index is 2.76. The first-order chi connectivity index (χ1) is 7.56. The van der Waals surface area contributed by atoms with Crippen molar-refractivity contribution in [2.75, 3.05) is 6.61 Å². The van der Waals surface area contributed by atoms with Crippen LogP contribution in [0.4, 0.5) is 4.39 Å². The highest BCUT2D eigenvalue weighted by molar-refractivity contribution is 5.94. The van der Waals surface area contributed by atoms with Crippen molar-refractivity contribution in [3.05, 3.63) is 29.8 Å². The van der Waals surface area contributed by atoms with Gasteiger partial charge < -0.3 is 10.4 Å². The number of hydrogen-bond donors (Lipinski definition) is 2. The zero-order valence-electron chi connectivity index (χ0n) is 9.27. The Morgan fingerprint density at radius 2 is 2.31 bits per heavy atom. The number of aliphatic hydroxyl groups is 1. The maximum absolute atomic E-state index is 13.2. The summed E-state index contributed by atoms with van der Waals surface area (Å²) in [6.45, 7) is 3.55. The van der Waals surface area contributed by atoms with E-state index >= 15 is 0 Å². The fourth-order valence-corrected chi connectivity index (χ4v) is 1.22. The number of aromatic nitrogens is 1. The molecule has 88 valence electrons. The van der Waals surface area contributed by atoms with Crippen molar-refractivity contribution in [3.8, 4) is 0 Å². The molecule has 16 heavy (non-hydrogen) atoms. The Morgan fingerprint density at radius 3 is 2.81 bits per heavy atom. The molecule has 0 saturated carbocycles. The zero-order valence-corrected chi connectivity index (χ0v) is 9.27. The minimum atomic E-state index is -0.805. The molecule has 2 N–H and O–H groups in total. The number of pyridine rings is 1. The minimum Gasteiger partial charge on any atom is -0.394 e. The molecule has 1 amide bonds. The Hall–Kier alpha value is -1.49. The van der Waals surface area contributed by atoms with Crippen LogP contribution in [0.25, 0.3) is 0 Å². The number of rotatable bonds is 4. The first-order valence-corrected chi connectivity index (χ1v) is 5.08. The second kappa shape index (κ2) is 5.55. The van der Waals surface area contributed by atoms with Gasteiger partial charge in [0.2, 0.25) is 5.95 Å². The Bertz CT molecular complexity index is 369. The van der Waals surface area contributed by atoms with Crippen LogP contribution >= 0.6 is 0 Å². The lowest BCUT2D eigenvalue weighted by Gasteiger charge is -2.19. The average molecular weight is 226 g/mol. The van der Waals surface area contributed by atoms with Gasteiger partial charge in [-0.2, -0.15) is 4.39 Å². The maximum Gasteiger partial charge on any atom is 0.256 e. The first kappa shape index (κ1) is 12.6. The van der Waals surface area contributed by atoms with Gasteiger partial charge in [-0.3, -0.25) is 4.79 Å². The first-order valence-electron chi connectivity index (χ1n) is 5.08. The number of halogens is 1. The topological polar surface area (TPSA) is 62.2 Å². The van der Waals surface area contributed by atoms with Crippen LogP contribution < -0.4 is 5.32 Å². The lowest BCUT2D eigenvalue weighted by Crippen LogP contribution is -2.41. The van der Waals surface area contributed by atoms with Crippen LogP contribution in [0.5, 0.6) is 0 Å². The van der Waals surface area contributed by atoms with Crippen molar-refractivity contribution in [2.24, 2.45) is 5.92 Å².